The zero-order valence-corrected chi connectivity index (χ0v) is 16.3. The molecule has 0 bridgehead atoms. The van der Waals surface area contributed by atoms with Gasteiger partial charge < -0.3 is 5.32 Å². The van der Waals surface area contributed by atoms with Gasteiger partial charge in [-0.15, -0.1) is 0 Å². The minimum absolute atomic E-state index is 0.104. The molecule has 0 aromatic heterocycles. The van der Waals surface area contributed by atoms with Crippen LogP contribution in [0, 0.1) is 0 Å². The Bertz CT molecular complexity index is 972. The smallest absolute Gasteiger partial charge is 0.263 e. The van der Waals surface area contributed by atoms with Crippen molar-refractivity contribution in [1.29, 1.82) is 0 Å². The number of hydrogen-bond donors (Lipinski definition) is 2. The molecule has 0 fully saturated rings. The lowest BCUT2D eigenvalue weighted by molar-refractivity contribution is -0.121. The van der Waals surface area contributed by atoms with Gasteiger partial charge in [-0.3, -0.25) is 14.5 Å². The fraction of sp³-hybridized carbons (Fsp3) is 0.263. The van der Waals surface area contributed by atoms with Gasteiger partial charge in [-0.25, -0.2) is 8.42 Å². The van der Waals surface area contributed by atoms with Crippen molar-refractivity contribution in [2.24, 2.45) is 4.99 Å². The van der Waals surface area contributed by atoms with E-state index in [1.807, 2.05) is 19.1 Å². The summed E-state index contributed by atoms with van der Waals surface area (Å²) in [5.41, 5.74) is 1.52. The number of hydrogen-bond acceptors (Lipinski definition) is 4. The van der Waals surface area contributed by atoms with Crippen molar-refractivity contribution in [3.63, 3.8) is 0 Å². The molecule has 0 radical (unpaired) electrons. The Hall–Kier alpha value is -2.38. The predicted molar refractivity (Wildman–Crippen MR) is 105 cm³/mol. The molecule has 2 N–H and O–H groups in total. The van der Waals surface area contributed by atoms with E-state index in [0.29, 0.717) is 10.6 Å². The molecule has 0 aliphatic carbocycles. The molecule has 8 heteroatoms. The molecule has 0 spiro atoms. The van der Waals surface area contributed by atoms with Crippen LogP contribution in [0.1, 0.15) is 36.9 Å². The van der Waals surface area contributed by atoms with Crippen molar-refractivity contribution in [3.05, 3.63) is 64.7 Å². The zero-order chi connectivity index (χ0) is 19.4. The highest BCUT2D eigenvalue weighted by atomic mass is 35.5. The molecule has 3 rings (SSSR count). The second kappa shape index (κ2) is 8.10. The number of carbonyl (C=O) groups is 1. The van der Waals surface area contributed by atoms with Crippen LogP contribution in [0.4, 0.5) is 0 Å². The molecule has 1 amide bonds. The van der Waals surface area contributed by atoms with Crippen molar-refractivity contribution in [2.75, 3.05) is 6.54 Å². The van der Waals surface area contributed by atoms with E-state index < -0.39 is 10.0 Å². The first-order valence-electron chi connectivity index (χ1n) is 8.62. The highest BCUT2D eigenvalue weighted by Crippen LogP contribution is 2.22. The van der Waals surface area contributed by atoms with Crippen LogP contribution in [0.15, 0.2) is 58.4 Å². The summed E-state index contributed by atoms with van der Waals surface area (Å²) in [6.07, 6.45) is 0.909. The van der Waals surface area contributed by atoms with Crippen molar-refractivity contribution in [1.82, 2.24) is 10.0 Å². The number of carbonyl (C=O) groups excluding carboxylic acids is 1. The Labute approximate surface area is 163 Å². The van der Waals surface area contributed by atoms with E-state index >= 15 is 0 Å². The Morgan fingerprint density at radius 3 is 2.59 bits per heavy atom. The normalized spacial score (nSPS) is 17.2. The van der Waals surface area contributed by atoms with Crippen LogP contribution < -0.4 is 10.0 Å². The van der Waals surface area contributed by atoms with Gasteiger partial charge in [-0.1, -0.05) is 42.8 Å². The fourth-order valence-corrected chi connectivity index (χ4v) is 4.28. The quantitative estimate of drug-likeness (QED) is 0.774. The molecule has 0 unspecified atom stereocenters. The molecule has 1 aliphatic heterocycles. The summed E-state index contributed by atoms with van der Waals surface area (Å²) in [6.45, 7) is 2.18. The van der Waals surface area contributed by atoms with Crippen LogP contribution in [0.5, 0.6) is 0 Å². The van der Waals surface area contributed by atoms with E-state index in [-0.39, 0.29) is 35.6 Å². The summed E-state index contributed by atoms with van der Waals surface area (Å²) in [4.78, 5) is 16.7. The minimum Gasteiger partial charge on any atom is -0.349 e. The van der Waals surface area contributed by atoms with Gasteiger partial charge in [-0.05, 0) is 36.2 Å². The van der Waals surface area contributed by atoms with Gasteiger partial charge >= 0.3 is 0 Å². The predicted octanol–water partition coefficient (Wildman–Crippen LogP) is 3.04. The number of amides is 1. The third-order valence-corrected chi connectivity index (χ3v) is 5.94. The number of halogens is 1. The molecule has 142 valence electrons. The van der Waals surface area contributed by atoms with Crippen molar-refractivity contribution in [3.8, 4) is 0 Å². The molecule has 2 aromatic rings. The summed E-state index contributed by atoms with van der Waals surface area (Å²) >= 11 is 5.90. The van der Waals surface area contributed by atoms with Crippen LogP contribution in [0.25, 0.3) is 0 Å². The van der Waals surface area contributed by atoms with Gasteiger partial charge in [0.15, 0.2) is 0 Å². The lowest BCUT2D eigenvalue weighted by atomic mass is 10.0. The Balaban J connectivity index is 1.61. The number of nitrogens with zero attached hydrogens (tertiary/aromatic N) is 1. The number of aliphatic imine (C=N–C) groups is 1. The first-order valence-corrected chi connectivity index (χ1v) is 10.5. The molecule has 2 aromatic carbocycles. The molecule has 0 saturated carbocycles. The van der Waals surface area contributed by atoms with E-state index in [0.717, 1.165) is 12.0 Å². The standard InChI is InChI=1S/C19H20ClN3O3S/c1-2-16(13-7-9-14(20)10-8-13)22-18(24)11-12-21-19-15-5-3-4-6-17(15)27(25,26)23-19/h3-10,16H,2,11-12H2,1H3,(H,21,23)(H,22,24)/t16-/m1/s1. The van der Waals surface area contributed by atoms with Gasteiger partial charge in [0.2, 0.25) is 5.91 Å². The molecular weight excluding hydrogens is 386 g/mol. The SMILES string of the molecule is CC[C@@H](NC(=O)CCN=C1NS(=O)(=O)c2ccccc21)c1ccc(Cl)cc1. The summed E-state index contributed by atoms with van der Waals surface area (Å²) in [6, 6.07) is 13.9. The average molecular weight is 406 g/mol. The van der Waals surface area contributed by atoms with Crippen LogP contribution in [-0.2, 0) is 14.8 Å². The lowest BCUT2D eigenvalue weighted by Gasteiger charge is -2.17. The monoisotopic (exact) mass is 405 g/mol. The van der Waals surface area contributed by atoms with Gasteiger partial charge in [0, 0.05) is 17.0 Å². The molecule has 1 atom stereocenters. The molecule has 1 aliphatic rings. The zero-order valence-electron chi connectivity index (χ0n) is 14.8. The highest BCUT2D eigenvalue weighted by molar-refractivity contribution is 7.90. The van der Waals surface area contributed by atoms with Gasteiger partial charge in [0.1, 0.15) is 5.84 Å². The van der Waals surface area contributed by atoms with Crippen molar-refractivity contribution < 1.29 is 13.2 Å². The van der Waals surface area contributed by atoms with Gasteiger partial charge in [0.05, 0.1) is 17.5 Å². The molecule has 27 heavy (non-hydrogen) atoms. The average Bonchev–Trinajstić information content (AvgIpc) is 2.91. The molecule has 0 saturated heterocycles. The molecular formula is C19H20ClN3O3S. The molecule has 1 heterocycles. The first kappa shape index (κ1) is 19.4. The van der Waals surface area contributed by atoms with Crippen LogP contribution in [-0.4, -0.2) is 26.7 Å². The topological polar surface area (TPSA) is 87.6 Å². The van der Waals surface area contributed by atoms with Crippen molar-refractivity contribution >= 4 is 33.4 Å². The highest BCUT2D eigenvalue weighted by Gasteiger charge is 2.29. The third-order valence-electron chi connectivity index (χ3n) is 4.29. The number of nitrogens with one attached hydrogen (secondary N) is 2. The van der Waals surface area contributed by atoms with Crippen LogP contribution in [0.2, 0.25) is 5.02 Å². The van der Waals surface area contributed by atoms with E-state index in [1.54, 1.807) is 30.3 Å². The van der Waals surface area contributed by atoms with Crippen LogP contribution in [0.3, 0.4) is 0 Å². The summed E-state index contributed by atoms with van der Waals surface area (Å²) in [7, 11) is -3.56. The second-order valence-corrected chi connectivity index (χ2v) is 8.25. The Morgan fingerprint density at radius 2 is 1.89 bits per heavy atom. The maximum Gasteiger partial charge on any atom is 0.263 e. The second-order valence-electron chi connectivity index (χ2n) is 6.16. The van der Waals surface area contributed by atoms with E-state index in [1.165, 1.54) is 6.07 Å². The third kappa shape index (κ3) is 4.48. The Kier molecular flexibility index (Phi) is 5.82. The first-order chi connectivity index (χ1) is 12.9. The van der Waals surface area contributed by atoms with E-state index in [4.69, 9.17) is 11.6 Å². The summed E-state index contributed by atoms with van der Waals surface area (Å²) in [5.74, 6) is 0.137. The maximum atomic E-state index is 12.3. The van der Waals surface area contributed by atoms with Crippen molar-refractivity contribution in [2.45, 2.75) is 30.7 Å². The summed E-state index contributed by atoms with van der Waals surface area (Å²) in [5, 5.41) is 3.62. The Morgan fingerprint density at radius 1 is 1.19 bits per heavy atom. The summed E-state index contributed by atoms with van der Waals surface area (Å²) < 4.78 is 26.5. The van der Waals surface area contributed by atoms with Crippen LogP contribution >= 0.6 is 11.6 Å². The number of fused-ring (bicyclic) bond motifs is 1. The number of rotatable bonds is 6. The van der Waals surface area contributed by atoms with E-state index in [9.17, 15) is 13.2 Å². The van der Waals surface area contributed by atoms with E-state index in [2.05, 4.69) is 15.0 Å². The molecule has 6 nitrogen and oxygen atoms in total. The number of amidine groups is 1. The minimum atomic E-state index is -3.56. The van der Waals surface area contributed by atoms with Gasteiger partial charge in [0.25, 0.3) is 10.0 Å². The lowest BCUT2D eigenvalue weighted by Crippen LogP contribution is -2.29. The maximum absolute atomic E-state index is 12.3. The largest absolute Gasteiger partial charge is 0.349 e. The number of sulfonamides is 1. The fourth-order valence-electron chi connectivity index (χ4n) is 2.90. The van der Waals surface area contributed by atoms with Gasteiger partial charge in [-0.2, -0.15) is 0 Å². The number of benzene rings is 2.